The van der Waals surface area contributed by atoms with Gasteiger partial charge in [0.2, 0.25) is 5.91 Å². The number of aliphatic carboxylic acids is 1. The fraction of sp³-hybridized carbons (Fsp3) is 0.667. The lowest BCUT2D eigenvalue weighted by Crippen LogP contribution is -2.43. The molecular weight excluding hydrogens is 148 g/mol. The minimum Gasteiger partial charge on any atom is -0.548 e. The SMILES string of the molecule is CC(=O)NCC[C@H](N)C(=O)[O-]. The smallest absolute Gasteiger partial charge is 0.216 e. The lowest BCUT2D eigenvalue weighted by atomic mass is 10.2. The average molecular weight is 159 g/mol. The minimum atomic E-state index is -1.30. The summed E-state index contributed by atoms with van der Waals surface area (Å²) in [6, 6.07) is -0.998. The number of hydrogen-bond donors (Lipinski definition) is 2. The number of carboxylic acid groups (broad SMARTS) is 1. The third kappa shape index (κ3) is 5.35. The molecule has 0 aromatic heterocycles. The largest absolute Gasteiger partial charge is 0.548 e. The first kappa shape index (κ1) is 9.90. The van der Waals surface area contributed by atoms with Crippen LogP contribution in [0.4, 0.5) is 0 Å². The number of carboxylic acids is 1. The van der Waals surface area contributed by atoms with Gasteiger partial charge in [0.05, 0.1) is 5.97 Å². The first-order valence-corrected chi connectivity index (χ1v) is 3.25. The summed E-state index contributed by atoms with van der Waals surface area (Å²) in [6.07, 6.45) is 0.196. The number of nitrogens with one attached hydrogen (secondary N) is 1. The number of carbonyl (C=O) groups is 2. The molecule has 1 atom stereocenters. The predicted molar refractivity (Wildman–Crippen MR) is 36.3 cm³/mol. The molecule has 0 unspecified atom stereocenters. The zero-order chi connectivity index (χ0) is 8.85. The number of amides is 1. The van der Waals surface area contributed by atoms with Crippen molar-refractivity contribution >= 4 is 11.9 Å². The highest BCUT2D eigenvalue weighted by molar-refractivity contribution is 5.73. The Morgan fingerprint density at radius 3 is 2.55 bits per heavy atom. The van der Waals surface area contributed by atoms with E-state index in [2.05, 4.69) is 5.32 Å². The van der Waals surface area contributed by atoms with Crippen LogP contribution in [0.1, 0.15) is 13.3 Å². The average Bonchev–Trinajstić information content (AvgIpc) is 1.86. The highest BCUT2D eigenvalue weighted by Gasteiger charge is 2.01. The Morgan fingerprint density at radius 2 is 2.18 bits per heavy atom. The topological polar surface area (TPSA) is 95.2 Å². The van der Waals surface area contributed by atoms with E-state index < -0.39 is 12.0 Å². The van der Waals surface area contributed by atoms with Crippen LogP contribution in [0.15, 0.2) is 0 Å². The van der Waals surface area contributed by atoms with Crippen molar-refractivity contribution in [2.24, 2.45) is 5.73 Å². The summed E-state index contributed by atoms with van der Waals surface area (Å²) in [5.41, 5.74) is 5.09. The van der Waals surface area contributed by atoms with Gasteiger partial charge >= 0.3 is 0 Å². The molecule has 5 heteroatoms. The Bertz CT molecular complexity index is 158. The van der Waals surface area contributed by atoms with Crippen LogP contribution in [-0.2, 0) is 9.59 Å². The molecule has 0 aromatic carbocycles. The summed E-state index contributed by atoms with van der Waals surface area (Å²) in [5, 5.41) is 12.4. The second-order valence-electron chi connectivity index (χ2n) is 2.20. The third-order valence-electron chi connectivity index (χ3n) is 1.13. The van der Waals surface area contributed by atoms with Crippen LogP contribution in [0.25, 0.3) is 0 Å². The van der Waals surface area contributed by atoms with Crippen molar-refractivity contribution in [1.82, 2.24) is 5.32 Å². The van der Waals surface area contributed by atoms with E-state index in [-0.39, 0.29) is 18.9 Å². The predicted octanol–water partition coefficient (Wildman–Crippen LogP) is -2.41. The van der Waals surface area contributed by atoms with Crippen LogP contribution < -0.4 is 16.2 Å². The zero-order valence-corrected chi connectivity index (χ0v) is 6.29. The highest BCUT2D eigenvalue weighted by atomic mass is 16.4. The molecule has 0 bridgehead atoms. The van der Waals surface area contributed by atoms with Gasteiger partial charge in [-0.15, -0.1) is 0 Å². The lowest BCUT2D eigenvalue weighted by Gasteiger charge is -2.11. The summed E-state index contributed by atoms with van der Waals surface area (Å²) < 4.78 is 0. The van der Waals surface area contributed by atoms with Gasteiger partial charge in [0.25, 0.3) is 0 Å². The second kappa shape index (κ2) is 4.68. The van der Waals surface area contributed by atoms with Gasteiger partial charge in [0.1, 0.15) is 0 Å². The molecule has 0 saturated carbocycles. The zero-order valence-electron chi connectivity index (χ0n) is 6.29. The quantitative estimate of drug-likeness (QED) is 0.477. The minimum absolute atomic E-state index is 0.196. The van der Waals surface area contributed by atoms with Crippen molar-refractivity contribution in [2.75, 3.05) is 6.54 Å². The van der Waals surface area contributed by atoms with Gasteiger partial charge in [-0.2, -0.15) is 0 Å². The molecule has 0 aliphatic heterocycles. The molecule has 3 N–H and O–H groups in total. The van der Waals surface area contributed by atoms with Crippen LogP contribution in [0.5, 0.6) is 0 Å². The molecular formula is C6H11N2O3-. The van der Waals surface area contributed by atoms with Crippen molar-refractivity contribution in [1.29, 1.82) is 0 Å². The molecule has 5 nitrogen and oxygen atoms in total. The maximum absolute atomic E-state index is 10.3. The Labute approximate surface area is 64.6 Å². The van der Waals surface area contributed by atoms with E-state index in [0.29, 0.717) is 0 Å². The fourth-order valence-electron chi connectivity index (χ4n) is 0.522. The van der Waals surface area contributed by atoms with Gasteiger partial charge < -0.3 is 21.0 Å². The summed E-state index contributed by atoms with van der Waals surface area (Å²) in [4.78, 5) is 20.3. The third-order valence-corrected chi connectivity index (χ3v) is 1.13. The molecule has 1 amide bonds. The number of nitrogens with two attached hydrogens (primary N) is 1. The van der Waals surface area contributed by atoms with Crippen LogP contribution in [0.3, 0.4) is 0 Å². The summed E-state index contributed by atoms with van der Waals surface area (Å²) in [5.74, 6) is -1.49. The van der Waals surface area contributed by atoms with E-state index in [1.54, 1.807) is 0 Å². The molecule has 11 heavy (non-hydrogen) atoms. The van der Waals surface area contributed by atoms with Crippen LogP contribution >= 0.6 is 0 Å². The molecule has 0 radical (unpaired) electrons. The monoisotopic (exact) mass is 159 g/mol. The van der Waals surface area contributed by atoms with Crippen molar-refractivity contribution in [3.05, 3.63) is 0 Å². The molecule has 0 rings (SSSR count). The van der Waals surface area contributed by atoms with Crippen molar-refractivity contribution in [2.45, 2.75) is 19.4 Å². The normalized spacial score (nSPS) is 12.2. The van der Waals surface area contributed by atoms with E-state index in [4.69, 9.17) is 5.73 Å². The summed E-state index contributed by atoms with van der Waals surface area (Å²) >= 11 is 0. The van der Waals surface area contributed by atoms with Gasteiger partial charge in [0, 0.05) is 19.5 Å². The maximum atomic E-state index is 10.3. The lowest BCUT2D eigenvalue weighted by molar-refractivity contribution is -0.307. The van der Waals surface area contributed by atoms with E-state index in [1.165, 1.54) is 6.92 Å². The van der Waals surface area contributed by atoms with E-state index in [0.717, 1.165) is 0 Å². The van der Waals surface area contributed by atoms with E-state index in [1.807, 2.05) is 0 Å². The Balaban J connectivity index is 3.39. The van der Waals surface area contributed by atoms with Crippen LogP contribution in [-0.4, -0.2) is 24.5 Å². The van der Waals surface area contributed by atoms with Gasteiger partial charge in [-0.3, -0.25) is 4.79 Å². The maximum Gasteiger partial charge on any atom is 0.216 e. The number of hydrogen-bond acceptors (Lipinski definition) is 4. The molecule has 0 saturated heterocycles. The highest BCUT2D eigenvalue weighted by Crippen LogP contribution is 1.82. The van der Waals surface area contributed by atoms with Crippen molar-refractivity contribution in [3.8, 4) is 0 Å². The van der Waals surface area contributed by atoms with E-state index in [9.17, 15) is 14.7 Å². The number of rotatable bonds is 4. The van der Waals surface area contributed by atoms with Gasteiger partial charge in [-0.1, -0.05) is 0 Å². The van der Waals surface area contributed by atoms with Gasteiger partial charge in [0.15, 0.2) is 0 Å². The molecule has 0 spiro atoms. The van der Waals surface area contributed by atoms with Crippen molar-refractivity contribution < 1.29 is 14.7 Å². The Hall–Kier alpha value is -1.10. The molecule has 0 fully saturated rings. The second-order valence-corrected chi connectivity index (χ2v) is 2.20. The van der Waals surface area contributed by atoms with Gasteiger partial charge in [-0.05, 0) is 6.42 Å². The Kier molecular flexibility index (Phi) is 4.21. The first-order valence-electron chi connectivity index (χ1n) is 3.25. The number of carbonyl (C=O) groups excluding carboxylic acids is 2. The van der Waals surface area contributed by atoms with Crippen molar-refractivity contribution in [3.63, 3.8) is 0 Å². The fourth-order valence-corrected chi connectivity index (χ4v) is 0.522. The molecule has 0 aliphatic carbocycles. The van der Waals surface area contributed by atoms with Crippen LogP contribution in [0, 0.1) is 0 Å². The standard InChI is InChI=1S/C6H12N2O3/c1-4(9)8-3-2-5(7)6(10)11/h5H,2-3,7H2,1H3,(H,8,9)(H,10,11)/p-1/t5-/m0/s1. The Morgan fingerprint density at radius 1 is 1.64 bits per heavy atom. The molecule has 0 heterocycles. The first-order chi connectivity index (χ1) is 5.04. The molecule has 0 aliphatic rings. The summed E-state index contributed by atoms with van der Waals surface area (Å²) in [6.45, 7) is 1.62. The summed E-state index contributed by atoms with van der Waals surface area (Å²) in [7, 11) is 0. The van der Waals surface area contributed by atoms with E-state index >= 15 is 0 Å². The molecule has 64 valence electrons. The molecule has 0 aromatic rings. The van der Waals surface area contributed by atoms with Crippen LogP contribution in [0.2, 0.25) is 0 Å². The van der Waals surface area contributed by atoms with Gasteiger partial charge in [-0.25, -0.2) is 0 Å².